The van der Waals surface area contributed by atoms with Gasteiger partial charge in [0.2, 0.25) is 0 Å². The average Bonchev–Trinajstić information content (AvgIpc) is 2.39. The third kappa shape index (κ3) is 4.13. The van der Waals surface area contributed by atoms with Crippen LogP contribution in [0.4, 0.5) is 10.5 Å². The summed E-state index contributed by atoms with van der Waals surface area (Å²) in [6.07, 6.45) is 1.51. The van der Waals surface area contributed by atoms with E-state index < -0.39 is 18.0 Å². The SMILES string of the molecule is NCCCCC(C(=O)O)N(C(N)=O)c1ccc(O)cc1. The van der Waals surface area contributed by atoms with Crippen molar-refractivity contribution >= 4 is 17.7 Å². The first-order valence-electron chi connectivity index (χ1n) is 6.28. The van der Waals surface area contributed by atoms with Gasteiger partial charge >= 0.3 is 12.0 Å². The Labute approximate surface area is 116 Å². The number of hydrogen-bond donors (Lipinski definition) is 4. The molecule has 0 heterocycles. The Hall–Kier alpha value is -2.28. The molecule has 0 saturated carbocycles. The molecule has 6 N–H and O–H groups in total. The highest BCUT2D eigenvalue weighted by molar-refractivity contribution is 5.97. The number of aliphatic carboxylic acids is 1. The normalized spacial score (nSPS) is 11.8. The molecular weight excluding hydrogens is 262 g/mol. The monoisotopic (exact) mass is 281 g/mol. The van der Waals surface area contributed by atoms with E-state index in [1.54, 1.807) is 0 Å². The standard InChI is InChI=1S/C13H19N3O4/c14-8-2-1-3-11(12(18)19)16(13(15)20)9-4-6-10(17)7-5-9/h4-7,11,17H,1-3,8,14H2,(H2,15,20)(H,18,19). The summed E-state index contributed by atoms with van der Waals surface area (Å²) in [6, 6.07) is 3.71. The maximum Gasteiger partial charge on any atom is 0.326 e. The molecule has 0 saturated heterocycles. The number of carboxylic acid groups (broad SMARTS) is 1. The van der Waals surface area contributed by atoms with Crippen molar-refractivity contribution in [3.63, 3.8) is 0 Å². The van der Waals surface area contributed by atoms with E-state index in [2.05, 4.69) is 0 Å². The Morgan fingerprint density at radius 2 is 1.80 bits per heavy atom. The van der Waals surface area contributed by atoms with E-state index in [1.807, 2.05) is 0 Å². The highest BCUT2D eigenvalue weighted by Gasteiger charge is 2.29. The largest absolute Gasteiger partial charge is 0.508 e. The molecular formula is C13H19N3O4. The van der Waals surface area contributed by atoms with Gasteiger partial charge in [-0.2, -0.15) is 0 Å². The molecule has 0 fully saturated rings. The van der Waals surface area contributed by atoms with E-state index in [1.165, 1.54) is 24.3 Å². The van der Waals surface area contributed by atoms with Crippen molar-refractivity contribution in [3.8, 4) is 5.75 Å². The number of phenols is 1. The molecule has 7 nitrogen and oxygen atoms in total. The highest BCUT2D eigenvalue weighted by atomic mass is 16.4. The summed E-state index contributed by atoms with van der Waals surface area (Å²) in [6.45, 7) is 0.460. The second kappa shape index (κ2) is 7.34. The number of carbonyl (C=O) groups excluding carboxylic acids is 1. The topological polar surface area (TPSA) is 130 Å². The van der Waals surface area contributed by atoms with Gasteiger partial charge in [0.1, 0.15) is 11.8 Å². The second-order valence-electron chi connectivity index (χ2n) is 4.36. The lowest BCUT2D eigenvalue weighted by molar-refractivity contribution is -0.138. The molecule has 110 valence electrons. The minimum absolute atomic E-state index is 0.0215. The summed E-state index contributed by atoms with van der Waals surface area (Å²) in [5.41, 5.74) is 11.0. The average molecular weight is 281 g/mol. The van der Waals surface area contributed by atoms with Gasteiger partial charge < -0.3 is 21.7 Å². The van der Waals surface area contributed by atoms with E-state index in [4.69, 9.17) is 11.5 Å². The van der Waals surface area contributed by atoms with Crippen LogP contribution in [0.25, 0.3) is 0 Å². The minimum Gasteiger partial charge on any atom is -0.508 e. The smallest absolute Gasteiger partial charge is 0.326 e. The molecule has 0 aliphatic heterocycles. The molecule has 0 spiro atoms. The van der Waals surface area contributed by atoms with Crippen molar-refractivity contribution in [3.05, 3.63) is 24.3 Å². The lowest BCUT2D eigenvalue weighted by atomic mass is 10.1. The Kier molecular flexibility index (Phi) is 5.79. The number of anilines is 1. The van der Waals surface area contributed by atoms with E-state index in [-0.39, 0.29) is 12.2 Å². The van der Waals surface area contributed by atoms with Crippen LogP contribution in [0.1, 0.15) is 19.3 Å². The van der Waals surface area contributed by atoms with Crippen LogP contribution in [0.2, 0.25) is 0 Å². The van der Waals surface area contributed by atoms with Gasteiger partial charge in [0.05, 0.1) is 0 Å². The maximum absolute atomic E-state index is 11.6. The van der Waals surface area contributed by atoms with Gasteiger partial charge in [-0.15, -0.1) is 0 Å². The molecule has 2 amide bonds. The molecule has 0 aliphatic rings. The zero-order valence-corrected chi connectivity index (χ0v) is 11.0. The third-order valence-electron chi connectivity index (χ3n) is 2.89. The molecule has 7 heteroatoms. The van der Waals surface area contributed by atoms with Crippen LogP contribution in [0.5, 0.6) is 5.75 Å². The summed E-state index contributed by atoms with van der Waals surface area (Å²) >= 11 is 0. The first kappa shape index (κ1) is 15.8. The number of nitrogens with zero attached hydrogens (tertiary/aromatic N) is 1. The van der Waals surface area contributed by atoms with Gasteiger partial charge in [0.25, 0.3) is 0 Å². The molecule has 0 aromatic heterocycles. The van der Waals surface area contributed by atoms with Crippen LogP contribution in [-0.2, 0) is 4.79 Å². The number of unbranched alkanes of at least 4 members (excludes halogenated alkanes) is 1. The van der Waals surface area contributed by atoms with Crippen LogP contribution in [0.3, 0.4) is 0 Å². The first-order chi connectivity index (χ1) is 9.47. The Balaban J connectivity index is 2.99. The lowest BCUT2D eigenvalue weighted by Crippen LogP contribution is -2.48. The van der Waals surface area contributed by atoms with Gasteiger partial charge in [-0.25, -0.2) is 9.59 Å². The number of primary amides is 1. The van der Waals surface area contributed by atoms with Gasteiger partial charge in [0.15, 0.2) is 0 Å². The number of urea groups is 1. The number of carbonyl (C=O) groups is 2. The number of rotatable bonds is 7. The van der Waals surface area contributed by atoms with Gasteiger partial charge in [-0.1, -0.05) is 0 Å². The van der Waals surface area contributed by atoms with Crippen LogP contribution < -0.4 is 16.4 Å². The van der Waals surface area contributed by atoms with Crippen molar-refractivity contribution < 1.29 is 19.8 Å². The van der Waals surface area contributed by atoms with E-state index >= 15 is 0 Å². The van der Waals surface area contributed by atoms with Crippen molar-refractivity contribution in [2.75, 3.05) is 11.4 Å². The Morgan fingerprint density at radius 3 is 2.25 bits per heavy atom. The van der Waals surface area contributed by atoms with Crippen LogP contribution in [0, 0.1) is 0 Å². The summed E-state index contributed by atoms with van der Waals surface area (Å²) < 4.78 is 0. The third-order valence-corrected chi connectivity index (χ3v) is 2.89. The van der Waals surface area contributed by atoms with Gasteiger partial charge in [0, 0.05) is 5.69 Å². The number of amides is 2. The molecule has 1 aromatic rings. The maximum atomic E-state index is 11.6. The Morgan fingerprint density at radius 1 is 1.20 bits per heavy atom. The molecule has 1 atom stereocenters. The fraction of sp³-hybridized carbons (Fsp3) is 0.385. The number of hydrogen-bond acceptors (Lipinski definition) is 4. The number of benzene rings is 1. The van der Waals surface area contributed by atoms with Crippen molar-refractivity contribution in [2.24, 2.45) is 11.5 Å². The number of nitrogens with two attached hydrogens (primary N) is 2. The highest BCUT2D eigenvalue weighted by Crippen LogP contribution is 2.22. The Bertz CT molecular complexity index is 461. The predicted octanol–water partition coefficient (Wildman–Crippen LogP) is 0.859. The fourth-order valence-corrected chi connectivity index (χ4v) is 1.92. The van der Waals surface area contributed by atoms with Crippen molar-refractivity contribution in [1.29, 1.82) is 0 Å². The molecule has 1 rings (SSSR count). The summed E-state index contributed by atoms with van der Waals surface area (Å²) in [7, 11) is 0. The lowest BCUT2D eigenvalue weighted by Gasteiger charge is -2.27. The van der Waals surface area contributed by atoms with Crippen LogP contribution in [0.15, 0.2) is 24.3 Å². The summed E-state index contributed by atoms with van der Waals surface area (Å²) in [5.74, 6) is -1.11. The second-order valence-corrected chi connectivity index (χ2v) is 4.36. The molecule has 0 bridgehead atoms. The summed E-state index contributed by atoms with van der Waals surface area (Å²) in [5, 5.41) is 18.5. The molecule has 1 aromatic carbocycles. The molecule has 20 heavy (non-hydrogen) atoms. The first-order valence-corrected chi connectivity index (χ1v) is 6.28. The van der Waals surface area contributed by atoms with E-state index in [0.29, 0.717) is 25.1 Å². The van der Waals surface area contributed by atoms with E-state index in [9.17, 15) is 19.8 Å². The van der Waals surface area contributed by atoms with Gasteiger partial charge in [-0.3, -0.25) is 4.90 Å². The van der Waals surface area contributed by atoms with Gasteiger partial charge in [-0.05, 0) is 50.1 Å². The van der Waals surface area contributed by atoms with Crippen LogP contribution >= 0.6 is 0 Å². The molecule has 0 aliphatic carbocycles. The minimum atomic E-state index is -1.13. The van der Waals surface area contributed by atoms with Crippen molar-refractivity contribution in [1.82, 2.24) is 0 Å². The number of carboxylic acids is 1. The quantitative estimate of drug-likeness (QED) is 0.551. The fourth-order valence-electron chi connectivity index (χ4n) is 1.92. The predicted molar refractivity (Wildman–Crippen MR) is 74.5 cm³/mol. The zero-order valence-electron chi connectivity index (χ0n) is 11.0. The number of phenolic OH excluding ortho intramolecular Hbond substituents is 1. The van der Waals surface area contributed by atoms with Crippen molar-refractivity contribution in [2.45, 2.75) is 25.3 Å². The number of aromatic hydroxyl groups is 1. The van der Waals surface area contributed by atoms with E-state index in [0.717, 1.165) is 4.90 Å². The summed E-state index contributed by atoms with van der Waals surface area (Å²) in [4.78, 5) is 23.9. The molecule has 1 unspecified atom stereocenters. The molecule has 0 radical (unpaired) electrons. The zero-order chi connectivity index (χ0) is 15.1. The van der Waals surface area contributed by atoms with Crippen LogP contribution in [-0.4, -0.2) is 34.8 Å².